The topological polar surface area (TPSA) is 20.3 Å². The van der Waals surface area contributed by atoms with Gasteiger partial charge in [-0.15, -0.1) is 0 Å². The van der Waals surface area contributed by atoms with E-state index in [2.05, 4.69) is 13.5 Å². The molecule has 0 saturated heterocycles. The fourth-order valence-electron chi connectivity index (χ4n) is 0.672. The first kappa shape index (κ1) is 10.2. The molecular weight excluding hydrogens is 138 g/mol. The van der Waals surface area contributed by atoms with E-state index in [4.69, 9.17) is 0 Å². The highest BCUT2D eigenvalue weighted by atomic mass is 16.2. The Morgan fingerprint density at radius 1 is 1.64 bits per heavy atom. The van der Waals surface area contributed by atoms with E-state index in [1.807, 2.05) is 13.8 Å². The third kappa shape index (κ3) is 2.37. The molecule has 0 radical (unpaired) electrons. The highest BCUT2D eigenvalue weighted by Crippen LogP contribution is 2.16. The molecule has 0 atom stereocenters. The molecule has 0 heterocycles. The van der Waals surface area contributed by atoms with Crippen LogP contribution < -0.4 is 0 Å². The van der Waals surface area contributed by atoms with Crippen molar-refractivity contribution in [1.82, 2.24) is 4.90 Å². The summed E-state index contributed by atoms with van der Waals surface area (Å²) < 4.78 is 0. The summed E-state index contributed by atoms with van der Waals surface area (Å²) in [4.78, 5) is 12.8. The number of rotatable bonds is 3. The van der Waals surface area contributed by atoms with Crippen LogP contribution in [-0.4, -0.2) is 23.4 Å². The smallest absolute Gasteiger partial charge is 0.246 e. The standard InChI is InChI=1S/C9H17NO/c1-6-8(11)10(5)9(3,4)7-2/h6H,1,7H2,2-5H3. The van der Waals surface area contributed by atoms with Crippen molar-refractivity contribution in [1.29, 1.82) is 0 Å². The van der Waals surface area contributed by atoms with Crippen molar-refractivity contribution in [3.8, 4) is 0 Å². The van der Waals surface area contributed by atoms with Crippen LogP contribution in [0.4, 0.5) is 0 Å². The fourth-order valence-corrected chi connectivity index (χ4v) is 0.672. The van der Waals surface area contributed by atoms with Gasteiger partial charge in [-0.3, -0.25) is 4.79 Å². The molecule has 0 aliphatic heterocycles. The van der Waals surface area contributed by atoms with Gasteiger partial charge in [-0.05, 0) is 26.3 Å². The van der Waals surface area contributed by atoms with Crippen LogP contribution in [0.15, 0.2) is 12.7 Å². The molecule has 0 N–H and O–H groups in total. The van der Waals surface area contributed by atoms with Gasteiger partial charge in [0.2, 0.25) is 5.91 Å². The van der Waals surface area contributed by atoms with Gasteiger partial charge in [-0.1, -0.05) is 13.5 Å². The molecule has 1 amide bonds. The summed E-state index contributed by atoms with van der Waals surface area (Å²) in [6, 6.07) is 0. The van der Waals surface area contributed by atoms with Crippen LogP contribution in [0.1, 0.15) is 27.2 Å². The molecule has 0 rings (SSSR count). The van der Waals surface area contributed by atoms with Crippen molar-refractivity contribution in [2.45, 2.75) is 32.7 Å². The SMILES string of the molecule is C=CC(=O)N(C)C(C)(C)CC. The summed E-state index contributed by atoms with van der Waals surface area (Å²) in [5.74, 6) is -0.0168. The molecule has 11 heavy (non-hydrogen) atoms. The van der Waals surface area contributed by atoms with Gasteiger partial charge in [0.05, 0.1) is 0 Å². The maximum atomic E-state index is 11.1. The molecule has 2 nitrogen and oxygen atoms in total. The predicted octanol–water partition coefficient (Wildman–Crippen LogP) is 1.82. The summed E-state index contributed by atoms with van der Waals surface area (Å²) in [6.07, 6.45) is 2.29. The summed E-state index contributed by atoms with van der Waals surface area (Å²) in [5, 5.41) is 0. The number of likely N-dealkylation sites (N-methyl/N-ethyl adjacent to an activating group) is 1. The first-order chi connectivity index (χ1) is 4.95. The molecule has 0 fully saturated rings. The predicted molar refractivity (Wildman–Crippen MR) is 47.3 cm³/mol. The normalized spacial score (nSPS) is 10.9. The highest BCUT2D eigenvalue weighted by Gasteiger charge is 2.23. The van der Waals surface area contributed by atoms with E-state index in [0.29, 0.717) is 0 Å². The van der Waals surface area contributed by atoms with Crippen molar-refractivity contribution in [3.63, 3.8) is 0 Å². The zero-order valence-electron chi connectivity index (χ0n) is 7.85. The minimum absolute atomic E-state index is 0.0168. The van der Waals surface area contributed by atoms with Gasteiger partial charge in [0.25, 0.3) is 0 Å². The van der Waals surface area contributed by atoms with Crippen molar-refractivity contribution in [2.75, 3.05) is 7.05 Å². The van der Waals surface area contributed by atoms with E-state index in [-0.39, 0.29) is 11.4 Å². The Kier molecular flexibility index (Phi) is 3.30. The summed E-state index contributed by atoms with van der Waals surface area (Å²) in [6.45, 7) is 9.57. The molecule has 64 valence electrons. The lowest BCUT2D eigenvalue weighted by molar-refractivity contribution is -0.129. The number of carbonyl (C=O) groups excluding carboxylic acids is 1. The number of carbonyl (C=O) groups is 1. The van der Waals surface area contributed by atoms with E-state index in [0.717, 1.165) is 6.42 Å². The quantitative estimate of drug-likeness (QED) is 0.569. The van der Waals surface area contributed by atoms with Crippen LogP contribution >= 0.6 is 0 Å². The monoisotopic (exact) mass is 155 g/mol. The average molecular weight is 155 g/mol. The molecule has 0 saturated carbocycles. The lowest BCUT2D eigenvalue weighted by Crippen LogP contribution is -2.43. The maximum absolute atomic E-state index is 11.1. The lowest BCUT2D eigenvalue weighted by atomic mass is 10.00. The van der Waals surface area contributed by atoms with Crippen molar-refractivity contribution in [3.05, 3.63) is 12.7 Å². The Morgan fingerprint density at radius 2 is 2.09 bits per heavy atom. The van der Waals surface area contributed by atoms with Crippen molar-refractivity contribution >= 4 is 5.91 Å². The second kappa shape index (κ2) is 3.56. The zero-order valence-corrected chi connectivity index (χ0v) is 7.85. The second-order valence-electron chi connectivity index (χ2n) is 3.27. The van der Waals surface area contributed by atoms with E-state index < -0.39 is 0 Å². The van der Waals surface area contributed by atoms with Crippen LogP contribution in [-0.2, 0) is 4.79 Å². The van der Waals surface area contributed by atoms with Crippen LogP contribution in [0.2, 0.25) is 0 Å². The van der Waals surface area contributed by atoms with Gasteiger partial charge in [0.1, 0.15) is 0 Å². The number of amides is 1. The van der Waals surface area contributed by atoms with Gasteiger partial charge in [-0.25, -0.2) is 0 Å². The number of hydrogen-bond acceptors (Lipinski definition) is 1. The fraction of sp³-hybridized carbons (Fsp3) is 0.667. The van der Waals surface area contributed by atoms with Gasteiger partial charge in [0.15, 0.2) is 0 Å². The lowest BCUT2D eigenvalue weighted by Gasteiger charge is -2.33. The Bertz CT molecular complexity index is 161. The molecule has 0 aliphatic carbocycles. The Labute approximate surface area is 68.9 Å². The zero-order chi connectivity index (χ0) is 9.07. The molecular formula is C9H17NO. The molecule has 0 bridgehead atoms. The van der Waals surface area contributed by atoms with E-state index in [1.54, 1.807) is 11.9 Å². The number of hydrogen-bond donors (Lipinski definition) is 0. The largest absolute Gasteiger partial charge is 0.337 e. The summed E-state index contributed by atoms with van der Waals surface area (Å²) in [5.41, 5.74) is -0.0642. The van der Waals surface area contributed by atoms with Crippen LogP contribution in [0.5, 0.6) is 0 Å². The van der Waals surface area contributed by atoms with Crippen LogP contribution in [0.25, 0.3) is 0 Å². The Balaban J connectivity index is 4.33. The molecule has 0 aromatic rings. The highest BCUT2D eigenvalue weighted by molar-refractivity contribution is 5.87. The molecule has 0 aromatic carbocycles. The van der Waals surface area contributed by atoms with Gasteiger partial charge in [0, 0.05) is 12.6 Å². The van der Waals surface area contributed by atoms with Gasteiger partial charge in [-0.2, -0.15) is 0 Å². The first-order valence-corrected chi connectivity index (χ1v) is 3.86. The first-order valence-electron chi connectivity index (χ1n) is 3.86. The van der Waals surface area contributed by atoms with Gasteiger partial charge >= 0.3 is 0 Å². The van der Waals surface area contributed by atoms with Crippen LogP contribution in [0.3, 0.4) is 0 Å². The Morgan fingerprint density at radius 3 is 2.36 bits per heavy atom. The molecule has 0 aliphatic rings. The van der Waals surface area contributed by atoms with E-state index >= 15 is 0 Å². The van der Waals surface area contributed by atoms with Crippen LogP contribution in [0, 0.1) is 0 Å². The van der Waals surface area contributed by atoms with Crippen molar-refractivity contribution in [2.24, 2.45) is 0 Å². The Hall–Kier alpha value is -0.790. The average Bonchev–Trinajstić information content (AvgIpc) is 2.01. The minimum atomic E-state index is -0.0642. The second-order valence-corrected chi connectivity index (χ2v) is 3.27. The van der Waals surface area contributed by atoms with Crippen molar-refractivity contribution < 1.29 is 4.79 Å². The third-order valence-electron chi connectivity index (χ3n) is 2.28. The van der Waals surface area contributed by atoms with E-state index in [1.165, 1.54) is 6.08 Å². The minimum Gasteiger partial charge on any atom is -0.337 e. The molecule has 2 heteroatoms. The molecule has 0 unspecified atom stereocenters. The summed E-state index contributed by atoms with van der Waals surface area (Å²) >= 11 is 0. The molecule has 0 aromatic heterocycles. The molecule has 0 spiro atoms. The number of nitrogens with zero attached hydrogens (tertiary/aromatic N) is 1. The maximum Gasteiger partial charge on any atom is 0.246 e. The summed E-state index contributed by atoms with van der Waals surface area (Å²) in [7, 11) is 1.80. The van der Waals surface area contributed by atoms with Gasteiger partial charge < -0.3 is 4.90 Å². The third-order valence-corrected chi connectivity index (χ3v) is 2.28. The van der Waals surface area contributed by atoms with E-state index in [9.17, 15) is 4.79 Å².